The molecule has 3 aliphatic rings. The molecule has 4 nitrogen and oxygen atoms in total. The van der Waals surface area contributed by atoms with Crippen LogP contribution in [0.1, 0.15) is 6.42 Å². The van der Waals surface area contributed by atoms with Gasteiger partial charge in [0.15, 0.2) is 18.0 Å². The minimum Gasteiger partial charge on any atom is -0.355 e. The summed E-state index contributed by atoms with van der Waals surface area (Å²) >= 11 is 3.32. The van der Waals surface area contributed by atoms with Crippen molar-refractivity contribution in [1.82, 2.24) is 0 Å². The van der Waals surface area contributed by atoms with Crippen LogP contribution in [0.2, 0.25) is 0 Å². The third-order valence-electron chi connectivity index (χ3n) is 2.67. The number of ether oxygens (including phenoxy) is 3. The second-order valence-corrected chi connectivity index (χ2v) is 4.44. The normalized spacial score (nSPS) is 39.2. The second kappa shape index (κ2) is 2.88. The Labute approximate surface area is 89.3 Å². The molecular weight excluding hydrogens is 252 g/mol. The highest BCUT2D eigenvalue weighted by atomic mass is 79.9. The van der Waals surface area contributed by atoms with Crippen LogP contribution >= 0.6 is 15.9 Å². The van der Waals surface area contributed by atoms with E-state index in [1.165, 1.54) is 6.08 Å². The van der Waals surface area contributed by atoms with Crippen molar-refractivity contribution in [3.05, 3.63) is 10.6 Å². The predicted molar refractivity (Wildman–Crippen MR) is 49.9 cm³/mol. The molecule has 3 rings (SSSR count). The van der Waals surface area contributed by atoms with Crippen molar-refractivity contribution in [3.8, 4) is 0 Å². The van der Waals surface area contributed by atoms with E-state index in [-0.39, 0.29) is 18.0 Å². The van der Waals surface area contributed by atoms with Crippen LogP contribution in [0.4, 0.5) is 0 Å². The third-order valence-corrected chi connectivity index (χ3v) is 3.45. The van der Waals surface area contributed by atoms with Crippen molar-refractivity contribution >= 4 is 21.7 Å². The topological polar surface area (TPSA) is 48.1 Å². The van der Waals surface area contributed by atoms with Gasteiger partial charge in [-0.1, -0.05) is 0 Å². The summed E-state index contributed by atoms with van der Waals surface area (Å²) in [5.74, 6) is -0.845. The Morgan fingerprint density at radius 3 is 2.86 bits per heavy atom. The number of carbonyl (C=O) groups is 1. The molecule has 2 atom stereocenters. The van der Waals surface area contributed by atoms with E-state index in [0.29, 0.717) is 17.7 Å². The Morgan fingerprint density at radius 2 is 2.14 bits per heavy atom. The molecule has 76 valence electrons. The first kappa shape index (κ1) is 9.03. The summed E-state index contributed by atoms with van der Waals surface area (Å²) in [6.07, 6.45) is 1.77. The van der Waals surface area contributed by atoms with Crippen LogP contribution in [0.25, 0.3) is 0 Å². The van der Waals surface area contributed by atoms with Crippen LogP contribution in [-0.4, -0.2) is 37.0 Å². The highest BCUT2D eigenvalue weighted by molar-refractivity contribution is 9.11. The summed E-state index contributed by atoms with van der Waals surface area (Å²) in [4.78, 5) is 11.3. The molecule has 2 fully saturated rings. The zero-order valence-corrected chi connectivity index (χ0v) is 8.95. The SMILES string of the molecule is O=C1C=C(Br)C2(OCCCO2)[C@H]2O[C@@H]12. The van der Waals surface area contributed by atoms with Crippen LogP contribution in [0.5, 0.6) is 0 Å². The van der Waals surface area contributed by atoms with Crippen molar-refractivity contribution in [2.45, 2.75) is 24.4 Å². The number of ketones is 1. The molecule has 0 bridgehead atoms. The van der Waals surface area contributed by atoms with Gasteiger partial charge < -0.3 is 14.2 Å². The highest BCUT2D eigenvalue weighted by Crippen LogP contribution is 2.48. The lowest BCUT2D eigenvalue weighted by atomic mass is 10.00. The first-order chi connectivity index (χ1) is 6.74. The van der Waals surface area contributed by atoms with Crippen molar-refractivity contribution < 1.29 is 19.0 Å². The van der Waals surface area contributed by atoms with Gasteiger partial charge in [-0.15, -0.1) is 0 Å². The first-order valence-corrected chi connectivity index (χ1v) is 5.38. The Morgan fingerprint density at radius 1 is 1.43 bits per heavy atom. The zero-order chi connectivity index (χ0) is 9.76. The van der Waals surface area contributed by atoms with Crippen molar-refractivity contribution in [1.29, 1.82) is 0 Å². The Hall–Kier alpha value is -0.230. The molecule has 2 saturated heterocycles. The van der Waals surface area contributed by atoms with Gasteiger partial charge in [-0.25, -0.2) is 0 Å². The van der Waals surface area contributed by atoms with E-state index in [0.717, 1.165) is 6.42 Å². The fraction of sp³-hybridized carbons (Fsp3) is 0.667. The standard InChI is InChI=1S/C9H9BrO4/c10-6-4-5(11)7-8(14-7)9(6)12-2-1-3-13-9/h4,7-8H,1-3H2/t7-,8-/m0/s1. The minimum atomic E-state index is -0.836. The van der Waals surface area contributed by atoms with E-state index in [4.69, 9.17) is 14.2 Å². The number of halogens is 1. The quantitative estimate of drug-likeness (QED) is 0.604. The van der Waals surface area contributed by atoms with Crippen LogP contribution in [-0.2, 0) is 19.0 Å². The van der Waals surface area contributed by atoms with Crippen LogP contribution < -0.4 is 0 Å². The molecule has 14 heavy (non-hydrogen) atoms. The predicted octanol–water partition coefficient (Wildman–Crippen LogP) is 0.748. The van der Waals surface area contributed by atoms with Gasteiger partial charge >= 0.3 is 0 Å². The summed E-state index contributed by atoms with van der Waals surface area (Å²) in [5.41, 5.74) is 0. The van der Waals surface area contributed by atoms with E-state index < -0.39 is 5.79 Å². The van der Waals surface area contributed by atoms with E-state index in [9.17, 15) is 4.79 Å². The molecule has 1 aliphatic carbocycles. The average molecular weight is 261 g/mol. The number of carbonyl (C=O) groups excluding carboxylic acids is 1. The van der Waals surface area contributed by atoms with E-state index in [1.807, 2.05) is 0 Å². The smallest absolute Gasteiger partial charge is 0.232 e. The molecule has 0 radical (unpaired) electrons. The third kappa shape index (κ3) is 1.07. The summed E-state index contributed by atoms with van der Waals surface area (Å²) in [6.45, 7) is 1.29. The lowest BCUT2D eigenvalue weighted by Crippen LogP contribution is -2.49. The molecule has 0 aromatic heterocycles. The van der Waals surface area contributed by atoms with Gasteiger partial charge in [0.25, 0.3) is 0 Å². The van der Waals surface area contributed by atoms with Gasteiger partial charge in [-0.2, -0.15) is 0 Å². The number of fused-ring (bicyclic) bond motifs is 2. The minimum absolute atomic E-state index is 0.00901. The number of hydrogen-bond donors (Lipinski definition) is 0. The van der Waals surface area contributed by atoms with Crippen LogP contribution in [0, 0.1) is 0 Å². The molecule has 2 aliphatic heterocycles. The maximum absolute atomic E-state index is 11.3. The van der Waals surface area contributed by atoms with E-state index in [1.54, 1.807) is 0 Å². The Bertz CT molecular complexity index is 319. The summed E-state index contributed by atoms with van der Waals surface area (Å²) in [6, 6.07) is 0. The lowest BCUT2D eigenvalue weighted by molar-refractivity contribution is -0.247. The van der Waals surface area contributed by atoms with Gasteiger partial charge in [0.2, 0.25) is 5.79 Å². The largest absolute Gasteiger partial charge is 0.355 e. The molecule has 0 saturated carbocycles. The van der Waals surface area contributed by atoms with E-state index >= 15 is 0 Å². The molecular formula is C9H9BrO4. The molecule has 0 aromatic carbocycles. The van der Waals surface area contributed by atoms with Crippen LogP contribution in [0.15, 0.2) is 10.6 Å². The summed E-state index contributed by atoms with van der Waals surface area (Å²) in [5, 5.41) is 0. The molecule has 1 spiro atoms. The van der Waals surface area contributed by atoms with Gasteiger partial charge in [0, 0.05) is 0 Å². The maximum atomic E-state index is 11.3. The highest BCUT2D eigenvalue weighted by Gasteiger charge is 2.64. The fourth-order valence-corrected chi connectivity index (χ4v) is 2.59. The lowest BCUT2D eigenvalue weighted by Gasteiger charge is -2.37. The second-order valence-electron chi connectivity index (χ2n) is 3.59. The Kier molecular flexibility index (Phi) is 1.86. The van der Waals surface area contributed by atoms with Crippen molar-refractivity contribution in [2.24, 2.45) is 0 Å². The molecule has 0 unspecified atom stereocenters. The summed E-state index contributed by atoms with van der Waals surface area (Å²) < 4.78 is 17.1. The first-order valence-electron chi connectivity index (χ1n) is 4.59. The van der Waals surface area contributed by atoms with Crippen molar-refractivity contribution in [2.75, 3.05) is 13.2 Å². The van der Waals surface area contributed by atoms with Crippen LogP contribution in [0.3, 0.4) is 0 Å². The molecule has 0 N–H and O–H groups in total. The van der Waals surface area contributed by atoms with Gasteiger partial charge in [-0.05, 0) is 28.4 Å². The number of rotatable bonds is 0. The molecule has 2 heterocycles. The monoisotopic (exact) mass is 260 g/mol. The van der Waals surface area contributed by atoms with E-state index in [2.05, 4.69) is 15.9 Å². The molecule has 0 aromatic rings. The summed E-state index contributed by atoms with van der Waals surface area (Å²) in [7, 11) is 0. The maximum Gasteiger partial charge on any atom is 0.232 e. The van der Waals surface area contributed by atoms with Crippen molar-refractivity contribution in [3.63, 3.8) is 0 Å². The fourth-order valence-electron chi connectivity index (χ4n) is 1.91. The average Bonchev–Trinajstić information content (AvgIpc) is 2.97. The van der Waals surface area contributed by atoms with Gasteiger partial charge in [0.05, 0.1) is 17.7 Å². The number of hydrogen-bond acceptors (Lipinski definition) is 4. The van der Waals surface area contributed by atoms with Gasteiger partial charge in [0.1, 0.15) is 0 Å². The van der Waals surface area contributed by atoms with Gasteiger partial charge in [-0.3, -0.25) is 4.79 Å². The molecule has 0 amide bonds. The zero-order valence-electron chi connectivity index (χ0n) is 7.36. The Balaban J connectivity index is 1.97. The number of epoxide rings is 1. The molecule has 5 heteroatoms.